The third kappa shape index (κ3) is 6.14. The first-order chi connectivity index (χ1) is 15.3. The van der Waals surface area contributed by atoms with Crippen molar-refractivity contribution in [2.75, 3.05) is 45.2 Å². The summed E-state index contributed by atoms with van der Waals surface area (Å²) in [4.78, 5) is 17.7. The highest BCUT2D eigenvalue weighted by molar-refractivity contribution is 14.0. The summed E-state index contributed by atoms with van der Waals surface area (Å²) in [5, 5.41) is 3.52. The van der Waals surface area contributed by atoms with Crippen LogP contribution in [0.1, 0.15) is 31.2 Å². The molecule has 0 amide bonds. The number of ether oxygens (including phenoxy) is 2. The number of methoxy groups -OCH3 is 1. The zero-order valence-electron chi connectivity index (χ0n) is 18.9. The zero-order chi connectivity index (χ0) is 21.5. The Hall–Kier alpha value is -2.30. The maximum atomic E-state index is 6.33. The summed E-state index contributed by atoms with van der Waals surface area (Å²) in [7, 11) is 3.52. The normalized spacial score (nSPS) is 17.1. The van der Waals surface area contributed by atoms with Gasteiger partial charge in [0.1, 0.15) is 11.5 Å². The van der Waals surface area contributed by atoms with Gasteiger partial charge in [-0.15, -0.1) is 24.0 Å². The molecule has 0 unspecified atom stereocenters. The fourth-order valence-corrected chi connectivity index (χ4v) is 4.18. The quantitative estimate of drug-likeness (QED) is 0.335. The molecule has 4 rings (SSSR count). The van der Waals surface area contributed by atoms with Crippen LogP contribution in [0.5, 0.6) is 11.5 Å². The molecule has 2 aliphatic rings. The molecule has 1 aromatic heterocycles. The number of nitrogens with one attached hydrogen (secondary N) is 1. The molecule has 0 atom stereocenters. The Balaban J connectivity index is 0.00000289. The van der Waals surface area contributed by atoms with Crippen LogP contribution < -0.4 is 19.7 Å². The highest BCUT2D eigenvalue weighted by atomic mass is 127. The van der Waals surface area contributed by atoms with Crippen molar-refractivity contribution < 1.29 is 9.47 Å². The monoisotopic (exact) mass is 552 g/mol. The lowest BCUT2D eigenvalue weighted by molar-refractivity contribution is 0.207. The lowest BCUT2D eigenvalue weighted by atomic mass is 10.1. The molecule has 8 nitrogen and oxygen atoms in total. The van der Waals surface area contributed by atoms with Gasteiger partial charge in [-0.05, 0) is 43.9 Å². The fraction of sp³-hybridized carbons (Fsp3) is 0.522. The molecule has 2 aromatic rings. The molecule has 1 saturated carbocycles. The molecule has 1 aliphatic heterocycles. The van der Waals surface area contributed by atoms with E-state index in [1.165, 1.54) is 12.8 Å². The number of hydrogen-bond acceptors (Lipinski definition) is 6. The third-order valence-corrected chi connectivity index (χ3v) is 5.93. The van der Waals surface area contributed by atoms with Gasteiger partial charge in [0.25, 0.3) is 0 Å². The van der Waals surface area contributed by atoms with E-state index >= 15 is 0 Å². The largest absolute Gasteiger partial charge is 0.497 e. The number of rotatable bonds is 6. The molecular weight excluding hydrogens is 519 g/mol. The SMILES string of the molecule is CN=C(NCc1ccc(OC)cc1OC1CCCC1)N1CCN(c2ncccn2)CC1.I. The van der Waals surface area contributed by atoms with Crippen molar-refractivity contribution >= 4 is 35.9 Å². The van der Waals surface area contributed by atoms with Gasteiger partial charge < -0.3 is 24.6 Å². The summed E-state index contributed by atoms with van der Waals surface area (Å²) in [6.45, 7) is 4.12. The second kappa shape index (κ2) is 12.1. The topological polar surface area (TPSA) is 75.1 Å². The van der Waals surface area contributed by atoms with E-state index in [0.717, 1.165) is 68.0 Å². The number of benzene rings is 1. The first-order valence-electron chi connectivity index (χ1n) is 11.1. The van der Waals surface area contributed by atoms with Gasteiger partial charge in [0.05, 0.1) is 13.2 Å². The summed E-state index contributed by atoms with van der Waals surface area (Å²) in [6.07, 6.45) is 8.62. The number of guanidine groups is 1. The van der Waals surface area contributed by atoms with Crippen molar-refractivity contribution in [1.29, 1.82) is 0 Å². The molecular formula is C23H33IN6O2. The van der Waals surface area contributed by atoms with Gasteiger partial charge in [0.15, 0.2) is 5.96 Å². The standard InChI is InChI=1S/C23H32N6O2.HI/c1-24-22(28-12-14-29(15-13-28)23-25-10-5-11-26-23)27-17-18-8-9-20(30-2)16-21(18)31-19-6-3-4-7-19;/h5,8-11,16,19H,3-4,6-7,12-15,17H2,1-2H3,(H,24,27);1H. The van der Waals surface area contributed by atoms with Crippen molar-refractivity contribution in [2.24, 2.45) is 4.99 Å². The van der Waals surface area contributed by atoms with E-state index in [1.807, 2.05) is 25.2 Å². The lowest BCUT2D eigenvalue weighted by Crippen LogP contribution is -2.52. The van der Waals surface area contributed by atoms with Gasteiger partial charge in [-0.25, -0.2) is 9.97 Å². The molecule has 1 aliphatic carbocycles. The van der Waals surface area contributed by atoms with E-state index in [9.17, 15) is 0 Å². The first kappa shape index (κ1) is 24.3. The average molecular weight is 552 g/mol. The minimum absolute atomic E-state index is 0. The number of aromatic nitrogens is 2. The Labute approximate surface area is 207 Å². The number of piperazine rings is 1. The average Bonchev–Trinajstić information content (AvgIpc) is 3.34. The Bertz CT molecular complexity index is 868. The van der Waals surface area contributed by atoms with E-state index in [0.29, 0.717) is 12.6 Å². The molecule has 9 heteroatoms. The van der Waals surface area contributed by atoms with Crippen molar-refractivity contribution in [3.8, 4) is 11.5 Å². The maximum absolute atomic E-state index is 6.33. The number of hydrogen-bond donors (Lipinski definition) is 1. The van der Waals surface area contributed by atoms with Crippen LogP contribution in [0, 0.1) is 0 Å². The fourth-order valence-electron chi connectivity index (χ4n) is 4.18. The Morgan fingerprint density at radius 1 is 1.12 bits per heavy atom. The molecule has 2 fully saturated rings. The van der Waals surface area contributed by atoms with Gasteiger partial charge in [-0.1, -0.05) is 0 Å². The minimum atomic E-state index is 0. The van der Waals surface area contributed by atoms with Crippen LogP contribution >= 0.6 is 24.0 Å². The van der Waals surface area contributed by atoms with Crippen LogP contribution in [-0.2, 0) is 6.54 Å². The van der Waals surface area contributed by atoms with E-state index in [1.54, 1.807) is 19.5 Å². The van der Waals surface area contributed by atoms with Gasteiger partial charge in [0.2, 0.25) is 5.95 Å². The Morgan fingerprint density at radius 2 is 1.84 bits per heavy atom. The molecule has 1 saturated heterocycles. The summed E-state index contributed by atoms with van der Waals surface area (Å²) in [6, 6.07) is 7.90. The second-order valence-electron chi connectivity index (χ2n) is 7.92. The number of anilines is 1. The molecule has 0 bridgehead atoms. The highest BCUT2D eigenvalue weighted by Gasteiger charge is 2.22. The van der Waals surface area contributed by atoms with Gasteiger partial charge in [0, 0.05) is 63.8 Å². The first-order valence-corrected chi connectivity index (χ1v) is 11.1. The Morgan fingerprint density at radius 3 is 2.50 bits per heavy atom. The molecule has 1 aromatic carbocycles. The van der Waals surface area contributed by atoms with Crippen molar-refractivity contribution in [2.45, 2.75) is 38.3 Å². The van der Waals surface area contributed by atoms with Crippen LogP contribution in [-0.4, -0.2) is 67.3 Å². The van der Waals surface area contributed by atoms with Crippen molar-refractivity contribution in [3.63, 3.8) is 0 Å². The summed E-state index contributed by atoms with van der Waals surface area (Å²) in [5.41, 5.74) is 1.12. The van der Waals surface area contributed by atoms with E-state index in [4.69, 9.17) is 9.47 Å². The van der Waals surface area contributed by atoms with Crippen LogP contribution in [0.2, 0.25) is 0 Å². The molecule has 1 N–H and O–H groups in total. The van der Waals surface area contributed by atoms with Crippen molar-refractivity contribution in [1.82, 2.24) is 20.2 Å². The summed E-state index contributed by atoms with van der Waals surface area (Å²) >= 11 is 0. The Kier molecular flexibility index (Phi) is 9.19. The number of aliphatic imine (C=N–C) groups is 1. The van der Waals surface area contributed by atoms with Crippen LogP contribution in [0.25, 0.3) is 0 Å². The maximum Gasteiger partial charge on any atom is 0.225 e. The van der Waals surface area contributed by atoms with E-state index in [-0.39, 0.29) is 24.0 Å². The minimum Gasteiger partial charge on any atom is -0.497 e. The van der Waals surface area contributed by atoms with Gasteiger partial charge in [-0.2, -0.15) is 0 Å². The van der Waals surface area contributed by atoms with Crippen LogP contribution in [0.4, 0.5) is 5.95 Å². The second-order valence-corrected chi connectivity index (χ2v) is 7.92. The smallest absolute Gasteiger partial charge is 0.225 e. The van der Waals surface area contributed by atoms with Crippen molar-refractivity contribution in [3.05, 3.63) is 42.2 Å². The van der Waals surface area contributed by atoms with E-state index in [2.05, 4.69) is 36.1 Å². The number of nitrogens with zero attached hydrogens (tertiary/aromatic N) is 5. The summed E-state index contributed by atoms with van der Waals surface area (Å²) < 4.78 is 11.7. The predicted molar refractivity (Wildman–Crippen MR) is 137 cm³/mol. The lowest BCUT2D eigenvalue weighted by Gasteiger charge is -2.36. The van der Waals surface area contributed by atoms with E-state index < -0.39 is 0 Å². The molecule has 0 spiro atoms. The third-order valence-electron chi connectivity index (χ3n) is 5.93. The summed E-state index contributed by atoms with van der Waals surface area (Å²) in [5.74, 6) is 3.41. The zero-order valence-corrected chi connectivity index (χ0v) is 21.2. The molecule has 32 heavy (non-hydrogen) atoms. The highest BCUT2D eigenvalue weighted by Crippen LogP contribution is 2.30. The number of halogens is 1. The molecule has 174 valence electrons. The van der Waals surface area contributed by atoms with Crippen LogP contribution in [0.15, 0.2) is 41.7 Å². The predicted octanol–water partition coefficient (Wildman–Crippen LogP) is 3.32. The van der Waals surface area contributed by atoms with Gasteiger partial charge >= 0.3 is 0 Å². The molecule has 0 radical (unpaired) electrons. The van der Waals surface area contributed by atoms with Crippen LogP contribution in [0.3, 0.4) is 0 Å². The van der Waals surface area contributed by atoms with Gasteiger partial charge in [-0.3, -0.25) is 4.99 Å². The molecule has 2 heterocycles.